The number of hydrogen-bond donors (Lipinski definition) is 0. The van der Waals surface area contributed by atoms with Crippen LogP contribution in [0.2, 0.25) is 0 Å². The number of Topliss-reactive ketones (excluding diaryl/α,β-unsaturated/α-hetero) is 1. The lowest BCUT2D eigenvalue weighted by Crippen LogP contribution is -2.20. The number of ketones is 1. The van der Waals surface area contributed by atoms with E-state index in [1.807, 2.05) is 0 Å². The van der Waals surface area contributed by atoms with Crippen molar-refractivity contribution in [1.82, 2.24) is 0 Å². The van der Waals surface area contributed by atoms with Gasteiger partial charge in [-0.15, -0.1) is 0 Å². The Morgan fingerprint density at radius 2 is 0.680 bits per heavy atom. The summed E-state index contributed by atoms with van der Waals surface area (Å²) < 4.78 is 21.3. The summed E-state index contributed by atoms with van der Waals surface area (Å²) in [5.74, 6) is -1.68. The third-order valence-electron chi connectivity index (χ3n) is 9.08. The highest BCUT2D eigenvalue weighted by Crippen LogP contribution is 2.16. The van der Waals surface area contributed by atoms with Gasteiger partial charge in [-0.2, -0.15) is 0 Å². The Labute approximate surface area is 305 Å². The van der Waals surface area contributed by atoms with E-state index < -0.39 is 30.9 Å². The molecule has 0 saturated carbocycles. The van der Waals surface area contributed by atoms with E-state index in [0.29, 0.717) is 25.7 Å². The van der Waals surface area contributed by atoms with Crippen LogP contribution in [0.1, 0.15) is 207 Å². The first-order chi connectivity index (χ1) is 24.2. The van der Waals surface area contributed by atoms with Crippen molar-refractivity contribution in [2.75, 3.05) is 13.2 Å². The highest BCUT2D eigenvalue weighted by Gasteiger charge is 2.15. The molecule has 0 spiro atoms. The maximum Gasteiger partial charge on any atom is 0.306 e. The molecule has 0 aliphatic heterocycles. The molecule has 0 heterocycles. The van der Waals surface area contributed by atoms with Crippen LogP contribution in [0, 0.1) is 0 Å². The number of carbonyl (C=O) groups is 5. The van der Waals surface area contributed by atoms with Crippen molar-refractivity contribution in [2.24, 2.45) is 0 Å². The zero-order valence-electron chi connectivity index (χ0n) is 32.5. The van der Waals surface area contributed by atoms with Crippen molar-refractivity contribution in [1.29, 1.82) is 0 Å². The zero-order valence-corrected chi connectivity index (χ0v) is 32.5. The topological polar surface area (TPSA) is 122 Å². The SMILES string of the molecule is CCCCCCCC[C@H](CC)OC(=O)CCCCCCC(=O)OCC(=O)COC(=O)CCCCCCC(=O)O[C@@H](CC)CCCCCCCC. The zero-order chi connectivity index (χ0) is 37.1. The molecule has 292 valence electrons. The first-order valence-corrected chi connectivity index (χ1v) is 20.5. The molecule has 0 rings (SSSR count). The largest absolute Gasteiger partial charge is 0.462 e. The second-order valence-electron chi connectivity index (χ2n) is 13.8. The van der Waals surface area contributed by atoms with Crippen molar-refractivity contribution in [2.45, 2.75) is 220 Å². The number of esters is 4. The third-order valence-corrected chi connectivity index (χ3v) is 9.08. The van der Waals surface area contributed by atoms with Crippen LogP contribution < -0.4 is 0 Å². The van der Waals surface area contributed by atoms with Crippen molar-refractivity contribution in [3.05, 3.63) is 0 Å². The van der Waals surface area contributed by atoms with Crippen LogP contribution in [0.5, 0.6) is 0 Å². The van der Waals surface area contributed by atoms with Gasteiger partial charge in [-0.1, -0.05) is 118 Å². The summed E-state index contributed by atoms with van der Waals surface area (Å²) in [4.78, 5) is 60.3. The van der Waals surface area contributed by atoms with E-state index in [9.17, 15) is 24.0 Å². The number of rotatable bonds is 36. The van der Waals surface area contributed by atoms with E-state index in [1.165, 1.54) is 64.2 Å². The molecule has 9 nitrogen and oxygen atoms in total. The number of ether oxygens (including phenoxy) is 4. The standard InChI is InChI=1S/C41H74O9/c1-5-9-11-13-15-21-27-36(7-3)49-40(45)31-25-19-17-23-29-38(43)47-33-35(42)34-48-39(44)30-24-18-20-26-32-41(46)50-37(8-4)28-22-16-14-12-10-6-2/h36-37H,5-34H2,1-4H3/t36-,37-/m0/s1. The van der Waals surface area contributed by atoms with Gasteiger partial charge in [0.2, 0.25) is 5.78 Å². The van der Waals surface area contributed by atoms with E-state index in [2.05, 4.69) is 27.7 Å². The van der Waals surface area contributed by atoms with Crippen LogP contribution >= 0.6 is 0 Å². The molecule has 0 radical (unpaired) electrons. The Bertz CT molecular complexity index is 804. The summed E-state index contributed by atoms with van der Waals surface area (Å²) in [6, 6.07) is 0. The fraction of sp³-hybridized carbons (Fsp3) is 0.878. The summed E-state index contributed by atoms with van der Waals surface area (Å²) in [5, 5.41) is 0. The van der Waals surface area contributed by atoms with E-state index in [4.69, 9.17) is 18.9 Å². The molecule has 0 amide bonds. The molecule has 0 aromatic rings. The summed E-state index contributed by atoms with van der Waals surface area (Å²) in [5.41, 5.74) is 0. The van der Waals surface area contributed by atoms with Gasteiger partial charge in [0.15, 0.2) is 13.2 Å². The second kappa shape index (κ2) is 35.0. The predicted molar refractivity (Wildman–Crippen MR) is 199 cm³/mol. The molecule has 0 aliphatic rings. The highest BCUT2D eigenvalue weighted by atomic mass is 16.6. The summed E-state index contributed by atoms with van der Waals surface area (Å²) in [7, 11) is 0. The van der Waals surface area contributed by atoms with Gasteiger partial charge in [-0.05, 0) is 64.2 Å². The van der Waals surface area contributed by atoms with Gasteiger partial charge in [0.1, 0.15) is 12.2 Å². The van der Waals surface area contributed by atoms with Gasteiger partial charge in [-0.25, -0.2) is 0 Å². The van der Waals surface area contributed by atoms with Gasteiger partial charge in [-0.3, -0.25) is 24.0 Å². The van der Waals surface area contributed by atoms with Gasteiger partial charge in [0, 0.05) is 25.7 Å². The molecule has 0 aromatic carbocycles. The molecule has 0 aliphatic carbocycles. The molecule has 0 unspecified atom stereocenters. The fourth-order valence-electron chi connectivity index (χ4n) is 5.78. The second-order valence-corrected chi connectivity index (χ2v) is 13.8. The lowest BCUT2D eigenvalue weighted by Gasteiger charge is -2.16. The molecular weight excluding hydrogens is 636 g/mol. The Balaban J connectivity index is 3.76. The van der Waals surface area contributed by atoms with E-state index in [-0.39, 0.29) is 37.0 Å². The first-order valence-electron chi connectivity index (χ1n) is 20.5. The van der Waals surface area contributed by atoms with Gasteiger partial charge >= 0.3 is 23.9 Å². The molecular formula is C41H74O9. The normalized spacial score (nSPS) is 12.2. The minimum atomic E-state index is -0.465. The molecule has 0 fully saturated rings. The van der Waals surface area contributed by atoms with Gasteiger partial charge in [0.05, 0.1) is 0 Å². The van der Waals surface area contributed by atoms with Crippen LogP contribution in [-0.4, -0.2) is 55.1 Å². The molecule has 0 bridgehead atoms. The maximum absolute atomic E-state index is 12.2. The smallest absolute Gasteiger partial charge is 0.306 e. The number of unbranched alkanes of at least 4 members (excludes halogenated alkanes) is 16. The van der Waals surface area contributed by atoms with Crippen LogP contribution in [0.3, 0.4) is 0 Å². The predicted octanol–water partition coefficient (Wildman–Crippen LogP) is 10.5. The van der Waals surface area contributed by atoms with Crippen molar-refractivity contribution >= 4 is 29.7 Å². The van der Waals surface area contributed by atoms with E-state index >= 15 is 0 Å². The maximum atomic E-state index is 12.2. The highest BCUT2D eigenvalue weighted by molar-refractivity contribution is 5.85. The summed E-state index contributed by atoms with van der Waals surface area (Å²) >= 11 is 0. The Hall–Kier alpha value is -2.45. The molecule has 50 heavy (non-hydrogen) atoms. The average molecular weight is 711 g/mol. The van der Waals surface area contributed by atoms with Crippen LogP contribution in [0.4, 0.5) is 0 Å². The lowest BCUT2D eigenvalue weighted by molar-refractivity contribution is -0.153. The Kier molecular flexibility index (Phi) is 33.3. The molecule has 0 aromatic heterocycles. The van der Waals surface area contributed by atoms with E-state index in [1.54, 1.807) is 0 Å². The molecule has 2 atom stereocenters. The van der Waals surface area contributed by atoms with Crippen LogP contribution in [0.15, 0.2) is 0 Å². The first kappa shape index (κ1) is 47.5. The van der Waals surface area contributed by atoms with Gasteiger partial charge in [0.25, 0.3) is 0 Å². The Morgan fingerprint density at radius 1 is 0.380 bits per heavy atom. The van der Waals surface area contributed by atoms with E-state index in [0.717, 1.165) is 77.0 Å². The minimum Gasteiger partial charge on any atom is -0.462 e. The van der Waals surface area contributed by atoms with Crippen molar-refractivity contribution in [3.8, 4) is 0 Å². The number of hydrogen-bond acceptors (Lipinski definition) is 9. The molecule has 0 N–H and O–H groups in total. The summed E-state index contributed by atoms with van der Waals surface area (Å²) in [6.07, 6.45) is 25.3. The molecule has 9 heteroatoms. The van der Waals surface area contributed by atoms with Gasteiger partial charge < -0.3 is 18.9 Å². The van der Waals surface area contributed by atoms with Crippen molar-refractivity contribution < 1.29 is 42.9 Å². The minimum absolute atomic E-state index is 0.00721. The summed E-state index contributed by atoms with van der Waals surface area (Å²) in [6.45, 7) is 7.71. The lowest BCUT2D eigenvalue weighted by atomic mass is 10.1. The Morgan fingerprint density at radius 3 is 1.02 bits per heavy atom. The van der Waals surface area contributed by atoms with Crippen LogP contribution in [-0.2, 0) is 42.9 Å². The average Bonchev–Trinajstić information content (AvgIpc) is 3.11. The fourth-order valence-corrected chi connectivity index (χ4v) is 5.78. The number of carbonyl (C=O) groups excluding carboxylic acids is 5. The van der Waals surface area contributed by atoms with Crippen LogP contribution in [0.25, 0.3) is 0 Å². The third kappa shape index (κ3) is 31.5. The molecule has 0 saturated heterocycles. The van der Waals surface area contributed by atoms with Crippen molar-refractivity contribution in [3.63, 3.8) is 0 Å². The quantitative estimate of drug-likeness (QED) is 0.0355. The monoisotopic (exact) mass is 711 g/mol.